The van der Waals surface area contributed by atoms with Crippen LogP contribution in [0.25, 0.3) is 10.2 Å². The van der Waals surface area contributed by atoms with Gasteiger partial charge in [-0.15, -0.1) is 11.3 Å². The Bertz CT molecular complexity index is 634. The van der Waals surface area contributed by atoms with E-state index in [-0.39, 0.29) is 0 Å². The van der Waals surface area contributed by atoms with Crippen molar-refractivity contribution in [3.05, 3.63) is 16.1 Å². The summed E-state index contributed by atoms with van der Waals surface area (Å²) in [5, 5.41) is 1.56. The van der Waals surface area contributed by atoms with E-state index in [2.05, 4.69) is 41.9 Å². The van der Waals surface area contributed by atoms with Crippen LogP contribution < -0.4 is 4.90 Å². The Morgan fingerprint density at radius 1 is 1.38 bits per heavy atom. The molecule has 0 aromatic carbocycles. The fraction of sp³-hybridized carbons (Fsp3) is 0.600. The zero-order chi connectivity index (χ0) is 15.0. The summed E-state index contributed by atoms with van der Waals surface area (Å²) in [5.74, 6) is 0.756. The van der Waals surface area contributed by atoms with Gasteiger partial charge < -0.3 is 9.80 Å². The normalized spacial score (nSPS) is 17.5. The van der Waals surface area contributed by atoms with Gasteiger partial charge in [-0.05, 0) is 45.5 Å². The van der Waals surface area contributed by atoms with E-state index in [0.29, 0.717) is 11.2 Å². The van der Waals surface area contributed by atoms with Crippen LogP contribution >= 0.6 is 22.9 Å². The number of rotatable bonds is 3. The van der Waals surface area contributed by atoms with Gasteiger partial charge in [0.1, 0.15) is 9.98 Å². The standard InChI is InChI=1S/C15H21ClN4S/c1-4-11-9-12-13(16)17-15(18-14(12)21-11)20(3)10-5-7-19(2)8-6-10/h9-10H,4-8H2,1-3H3. The van der Waals surface area contributed by atoms with Gasteiger partial charge in [-0.2, -0.15) is 0 Å². The molecule has 1 fully saturated rings. The molecule has 0 aliphatic carbocycles. The third-order valence-electron chi connectivity index (χ3n) is 4.29. The summed E-state index contributed by atoms with van der Waals surface area (Å²) in [7, 11) is 4.26. The zero-order valence-electron chi connectivity index (χ0n) is 12.8. The molecule has 6 heteroatoms. The zero-order valence-corrected chi connectivity index (χ0v) is 14.3. The highest BCUT2D eigenvalue weighted by atomic mass is 35.5. The van der Waals surface area contributed by atoms with Gasteiger partial charge >= 0.3 is 0 Å². The summed E-state index contributed by atoms with van der Waals surface area (Å²) >= 11 is 8.08. The van der Waals surface area contributed by atoms with E-state index in [4.69, 9.17) is 16.6 Å². The highest BCUT2D eigenvalue weighted by Crippen LogP contribution is 2.31. The van der Waals surface area contributed by atoms with Crippen molar-refractivity contribution >= 4 is 39.1 Å². The maximum atomic E-state index is 6.36. The van der Waals surface area contributed by atoms with E-state index < -0.39 is 0 Å². The molecule has 0 radical (unpaired) electrons. The number of fused-ring (bicyclic) bond motifs is 1. The van der Waals surface area contributed by atoms with Gasteiger partial charge in [0, 0.05) is 23.4 Å². The molecule has 0 spiro atoms. The highest BCUT2D eigenvalue weighted by Gasteiger charge is 2.23. The summed E-state index contributed by atoms with van der Waals surface area (Å²) in [5.41, 5.74) is 0. The lowest BCUT2D eigenvalue weighted by atomic mass is 10.0. The van der Waals surface area contributed by atoms with Crippen LogP contribution in [0.4, 0.5) is 5.95 Å². The lowest BCUT2D eigenvalue weighted by molar-refractivity contribution is 0.252. The van der Waals surface area contributed by atoms with Gasteiger partial charge in [0.25, 0.3) is 0 Å². The van der Waals surface area contributed by atoms with E-state index in [1.807, 2.05) is 0 Å². The number of hydrogen-bond donors (Lipinski definition) is 0. The predicted octanol–water partition coefficient (Wildman–Crippen LogP) is 3.44. The van der Waals surface area contributed by atoms with Crippen molar-refractivity contribution in [3.63, 3.8) is 0 Å². The number of aromatic nitrogens is 2. The monoisotopic (exact) mass is 324 g/mol. The largest absolute Gasteiger partial charge is 0.341 e. The molecular formula is C15H21ClN4S. The van der Waals surface area contributed by atoms with Crippen LogP contribution in [0.15, 0.2) is 6.07 Å². The fourth-order valence-electron chi connectivity index (χ4n) is 2.80. The van der Waals surface area contributed by atoms with Crippen LogP contribution in [0.1, 0.15) is 24.6 Å². The van der Waals surface area contributed by atoms with Crippen LogP contribution in [0, 0.1) is 0 Å². The topological polar surface area (TPSA) is 32.3 Å². The Labute approximate surface area is 134 Å². The Hall–Kier alpha value is -0.910. The number of aryl methyl sites for hydroxylation is 1. The second-order valence-electron chi connectivity index (χ2n) is 5.74. The lowest BCUT2D eigenvalue weighted by Crippen LogP contribution is -2.42. The highest BCUT2D eigenvalue weighted by molar-refractivity contribution is 7.18. The van der Waals surface area contributed by atoms with Crippen LogP contribution in [0.2, 0.25) is 5.15 Å². The van der Waals surface area contributed by atoms with Crippen LogP contribution in [0.3, 0.4) is 0 Å². The first-order valence-electron chi connectivity index (χ1n) is 7.45. The molecule has 3 rings (SSSR count). The molecule has 0 atom stereocenters. The first-order chi connectivity index (χ1) is 10.1. The van der Waals surface area contributed by atoms with Crippen molar-refractivity contribution in [2.75, 3.05) is 32.1 Å². The van der Waals surface area contributed by atoms with E-state index in [1.54, 1.807) is 11.3 Å². The number of anilines is 1. The minimum atomic E-state index is 0.500. The maximum Gasteiger partial charge on any atom is 0.228 e. The van der Waals surface area contributed by atoms with Crippen molar-refractivity contribution in [2.45, 2.75) is 32.2 Å². The number of piperidine rings is 1. The minimum absolute atomic E-state index is 0.500. The summed E-state index contributed by atoms with van der Waals surface area (Å²) in [4.78, 5) is 16.1. The molecule has 0 unspecified atom stereocenters. The molecule has 1 saturated heterocycles. The average Bonchev–Trinajstić information content (AvgIpc) is 2.91. The van der Waals surface area contributed by atoms with E-state index >= 15 is 0 Å². The van der Waals surface area contributed by atoms with Gasteiger partial charge in [-0.3, -0.25) is 0 Å². The van der Waals surface area contributed by atoms with E-state index in [1.165, 1.54) is 4.88 Å². The fourth-order valence-corrected chi connectivity index (χ4v) is 4.04. The van der Waals surface area contributed by atoms with Crippen LogP contribution in [-0.4, -0.2) is 48.1 Å². The second kappa shape index (κ2) is 6.07. The summed E-state index contributed by atoms with van der Waals surface area (Å²) in [6.07, 6.45) is 3.31. The van der Waals surface area contributed by atoms with E-state index in [0.717, 1.165) is 48.5 Å². The number of nitrogens with zero attached hydrogens (tertiary/aromatic N) is 4. The van der Waals surface area contributed by atoms with Gasteiger partial charge in [0.05, 0.1) is 0 Å². The smallest absolute Gasteiger partial charge is 0.228 e. The molecule has 2 aromatic rings. The molecule has 0 saturated carbocycles. The van der Waals surface area contributed by atoms with Crippen molar-refractivity contribution in [2.24, 2.45) is 0 Å². The molecule has 3 heterocycles. The second-order valence-corrected chi connectivity index (χ2v) is 7.22. The molecule has 1 aliphatic rings. The van der Waals surface area contributed by atoms with Gasteiger partial charge in [0.15, 0.2) is 0 Å². The molecule has 1 aliphatic heterocycles. The number of thiophene rings is 1. The van der Waals surface area contributed by atoms with Crippen molar-refractivity contribution in [1.82, 2.24) is 14.9 Å². The van der Waals surface area contributed by atoms with Gasteiger partial charge in [-0.1, -0.05) is 18.5 Å². The molecule has 0 N–H and O–H groups in total. The van der Waals surface area contributed by atoms with Gasteiger partial charge in [-0.25, -0.2) is 9.97 Å². The third kappa shape index (κ3) is 3.00. The number of hydrogen-bond acceptors (Lipinski definition) is 5. The number of halogens is 1. The van der Waals surface area contributed by atoms with Crippen molar-refractivity contribution < 1.29 is 0 Å². The summed E-state index contributed by atoms with van der Waals surface area (Å²) < 4.78 is 0. The third-order valence-corrected chi connectivity index (χ3v) is 5.75. The predicted molar refractivity (Wildman–Crippen MR) is 90.7 cm³/mol. The molecule has 2 aromatic heterocycles. The van der Waals surface area contributed by atoms with Crippen LogP contribution in [0.5, 0.6) is 0 Å². The number of likely N-dealkylation sites (tertiary alicyclic amines) is 1. The molecule has 114 valence electrons. The van der Waals surface area contributed by atoms with Crippen molar-refractivity contribution in [3.8, 4) is 0 Å². The average molecular weight is 325 g/mol. The lowest BCUT2D eigenvalue weighted by Gasteiger charge is -2.35. The summed E-state index contributed by atoms with van der Waals surface area (Å²) in [6, 6.07) is 2.61. The van der Waals surface area contributed by atoms with Crippen molar-refractivity contribution in [1.29, 1.82) is 0 Å². The molecule has 0 amide bonds. The minimum Gasteiger partial charge on any atom is -0.341 e. The Morgan fingerprint density at radius 3 is 2.76 bits per heavy atom. The quantitative estimate of drug-likeness (QED) is 0.810. The SMILES string of the molecule is CCc1cc2c(Cl)nc(N(C)C3CCN(C)CC3)nc2s1. The molecular weight excluding hydrogens is 304 g/mol. The maximum absolute atomic E-state index is 6.36. The molecule has 0 bridgehead atoms. The molecule has 21 heavy (non-hydrogen) atoms. The van der Waals surface area contributed by atoms with Gasteiger partial charge in [0.2, 0.25) is 5.95 Å². The molecule has 4 nitrogen and oxygen atoms in total. The van der Waals surface area contributed by atoms with E-state index in [9.17, 15) is 0 Å². The Kier molecular flexibility index (Phi) is 4.33. The Morgan fingerprint density at radius 2 is 2.10 bits per heavy atom. The first-order valence-corrected chi connectivity index (χ1v) is 8.65. The first kappa shape index (κ1) is 15.0. The van der Waals surface area contributed by atoms with Crippen LogP contribution in [-0.2, 0) is 6.42 Å². The summed E-state index contributed by atoms with van der Waals surface area (Å²) in [6.45, 7) is 4.41. The Balaban J connectivity index is 1.89.